The van der Waals surface area contributed by atoms with E-state index in [1.165, 1.54) is 16.7 Å². The molecule has 4 nitrogen and oxygen atoms in total. The van der Waals surface area contributed by atoms with Gasteiger partial charge in [-0.1, -0.05) is 65.5 Å². The van der Waals surface area contributed by atoms with Crippen LogP contribution >= 0.6 is 58.2 Å². The molecule has 0 aliphatic rings. The fourth-order valence-corrected chi connectivity index (χ4v) is 5.06. The SMILES string of the molecule is CC[C@H](C)NC(=O)[C@H](C)N(Cc1c(Cl)cccc1Cl)C(=O)CSCc1c(Cl)cccc1Cl. The number of nitrogens with one attached hydrogen (secondary N) is 1. The fraction of sp³-hybridized carbons (Fsp3) is 0.391. The number of nitrogens with zero attached hydrogens (tertiary/aromatic N) is 1. The maximum atomic E-state index is 13.2. The average Bonchev–Trinajstić information content (AvgIpc) is 2.74. The third kappa shape index (κ3) is 7.46. The molecule has 0 saturated heterocycles. The third-order valence-electron chi connectivity index (χ3n) is 5.09. The lowest BCUT2D eigenvalue weighted by molar-refractivity contribution is -0.138. The number of rotatable bonds is 10. The van der Waals surface area contributed by atoms with Gasteiger partial charge in [-0.05, 0) is 50.1 Å². The summed E-state index contributed by atoms with van der Waals surface area (Å²) in [5, 5.41) is 4.93. The Balaban J connectivity index is 2.18. The molecule has 2 atom stereocenters. The molecule has 2 rings (SSSR count). The molecular formula is C23H26Cl4N2O2S. The Bertz CT molecular complexity index is 917. The molecule has 0 bridgehead atoms. The van der Waals surface area contributed by atoms with Crippen molar-refractivity contribution in [2.24, 2.45) is 0 Å². The first kappa shape index (κ1) is 27.1. The number of thioether (sulfide) groups is 1. The van der Waals surface area contributed by atoms with Gasteiger partial charge in [0.2, 0.25) is 11.8 Å². The van der Waals surface area contributed by atoms with Crippen LogP contribution in [0, 0.1) is 0 Å². The Kier molecular flexibility index (Phi) is 11.0. The minimum Gasteiger partial charge on any atom is -0.352 e. The van der Waals surface area contributed by atoms with Crippen molar-refractivity contribution in [1.29, 1.82) is 0 Å². The number of carbonyl (C=O) groups is 2. The Morgan fingerprint density at radius 3 is 1.94 bits per heavy atom. The number of hydrogen-bond donors (Lipinski definition) is 1. The number of halogens is 4. The molecule has 0 heterocycles. The van der Waals surface area contributed by atoms with Crippen molar-refractivity contribution < 1.29 is 9.59 Å². The number of amides is 2. The van der Waals surface area contributed by atoms with Crippen molar-refractivity contribution in [3.8, 4) is 0 Å². The van der Waals surface area contributed by atoms with Crippen LogP contribution < -0.4 is 5.32 Å². The maximum Gasteiger partial charge on any atom is 0.242 e. The molecule has 2 aromatic carbocycles. The molecule has 2 amide bonds. The van der Waals surface area contributed by atoms with Gasteiger partial charge in [0.25, 0.3) is 0 Å². The van der Waals surface area contributed by atoms with Gasteiger partial charge in [-0.15, -0.1) is 11.8 Å². The third-order valence-corrected chi connectivity index (χ3v) is 7.45. The van der Waals surface area contributed by atoms with E-state index in [0.717, 1.165) is 12.0 Å². The number of carbonyl (C=O) groups excluding carboxylic acids is 2. The minimum atomic E-state index is -0.701. The summed E-state index contributed by atoms with van der Waals surface area (Å²) in [6, 6.07) is 9.76. The first-order valence-corrected chi connectivity index (χ1v) is 12.9. The molecule has 0 fully saturated rings. The predicted molar refractivity (Wildman–Crippen MR) is 137 cm³/mol. The van der Waals surface area contributed by atoms with Gasteiger partial charge in [-0.25, -0.2) is 0 Å². The van der Waals surface area contributed by atoms with E-state index in [1.807, 2.05) is 13.8 Å². The van der Waals surface area contributed by atoms with Crippen molar-refractivity contribution in [2.75, 3.05) is 5.75 Å². The van der Waals surface area contributed by atoms with E-state index >= 15 is 0 Å². The van der Waals surface area contributed by atoms with Crippen LogP contribution in [0.2, 0.25) is 20.1 Å². The normalized spacial score (nSPS) is 12.8. The molecule has 0 unspecified atom stereocenters. The minimum absolute atomic E-state index is 0.00235. The Morgan fingerprint density at radius 2 is 1.44 bits per heavy atom. The van der Waals surface area contributed by atoms with E-state index in [-0.39, 0.29) is 30.2 Å². The second kappa shape index (κ2) is 13.0. The molecule has 9 heteroatoms. The smallest absolute Gasteiger partial charge is 0.242 e. The van der Waals surface area contributed by atoms with Gasteiger partial charge in [0.15, 0.2) is 0 Å². The van der Waals surface area contributed by atoms with E-state index in [2.05, 4.69) is 5.32 Å². The summed E-state index contributed by atoms with van der Waals surface area (Å²) >= 11 is 26.5. The summed E-state index contributed by atoms with van der Waals surface area (Å²) in [5.41, 5.74) is 1.38. The van der Waals surface area contributed by atoms with Crippen LogP contribution in [0.3, 0.4) is 0 Å². The molecule has 1 N–H and O–H groups in total. The topological polar surface area (TPSA) is 49.4 Å². The largest absolute Gasteiger partial charge is 0.352 e. The Morgan fingerprint density at radius 1 is 0.938 bits per heavy atom. The van der Waals surface area contributed by atoms with Crippen LogP contribution in [0.15, 0.2) is 36.4 Å². The molecule has 0 saturated carbocycles. The average molecular weight is 536 g/mol. The van der Waals surface area contributed by atoms with Crippen molar-refractivity contribution in [1.82, 2.24) is 10.2 Å². The van der Waals surface area contributed by atoms with Crippen molar-refractivity contribution in [2.45, 2.75) is 51.6 Å². The number of benzene rings is 2. The summed E-state index contributed by atoms with van der Waals surface area (Å²) < 4.78 is 0. The fourth-order valence-electron chi connectivity index (χ4n) is 2.90. The summed E-state index contributed by atoms with van der Waals surface area (Å²) in [6.45, 7) is 5.74. The quantitative estimate of drug-likeness (QED) is 0.361. The molecule has 32 heavy (non-hydrogen) atoms. The molecule has 0 radical (unpaired) electrons. The molecule has 174 valence electrons. The van der Waals surface area contributed by atoms with Crippen LogP contribution in [0.4, 0.5) is 0 Å². The van der Waals surface area contributed by atoms with Gasteiger partial charge >= 0.3 is 0 Å². The van der Waals surface area contributed by atoms with E-state index in [4.69, 9.17) is 46.4 Å². The zero-order valence-corrected chi connectivity index (χ0v) is 22.0. The maximum absolute atomic E-state index is 13.2. The Labute approximate surface area is 213 Å². The standard InChI is InChI=1S/C23H26Cl4N2O2S/c1-4-14(2)28-23(31)15(3)29(11-16-18(24)7-5-8-19(16)25)22(30)13-32-12-17-20(26)9-6-10-21(17)27/h5-10,14-15H,4,11-13H2,1-3H3,(H,28,31)/t14-,15-/m0/s1. The molecule has 0 aliphatic heterocycles. The lowest BCUT2D eigenvalue weighted by Crippen LogP contribution is -2.50. The molecular weight excluding hydrogens is 510 g/mol. The van der Waals surface area contributed by atoms with Gasteiger partial charge in [0.05, 0.1) is 5.75 Å². The highest BCUT2D eigenvalue weighted by molar-refractivity contribution is 7.99. The summed E-state index contributed by atoms with van der Waals surface area (Å²) in [4.78, 5) is 27.5. The predicted octanol–water partition coefficient (Wildman–Crippen LogP) is 6.87. The van der Waals surface area contributed by atoms with Crippen LogP contribution in [-0.2, 0) is 21.9 Å². The monoisotopic (exact) mass is 534 g/mol. The lowest BCUT2D eigenvalue weighted by atomic mass is 10.1. The van der Waals surface area contributed by atoms with Crippen molar-refractivity contribution in [3.05, 3.63) is 67.6 Å². The summed E-state index contributed by atoms with van der Waals surface area (Å²) in [7, 11) is 0. The van der Waals surface area contributed by atoms with Gasteiger partial charge in [0.1, 0.15) is 6.04 Å². The zero-order chi connectivity index (χ0) is 23.8. The van der Waals surface area contributed by atoms with E-state index < -0.39 is 6.04 Å². The first-order chi connectivity index (χ1) is 15.1. The second-order valence-electron chi connectivity index (χ2n) is 7.41. The highest BCUT2D eigenvalue weighted by Gasteiger charge is 2.28. The molecule has 0 aromatic heterocycles. The molecule has 2 aromatic rings. The van der Waals surface area contributed by atoms with Crippen molar-refractivity contribution >= 4 is 70.0 Å². The van der Waals surface area contributed by atoms with Crippen LogP contribution in [0.5, 0.6) is 0 Å². The highest BCUT2D eigenvalue weighted by Crippen LogP contribution is 2.29. The van der Waals surface area contributed by atoms with Gasteiger partial charge < -0.3 is 10.2 Å². The Hall–Kier alpha value is -1.11. The van der Waals surface area contributed by atoms with E-state index in [9.17, 15) is 9.59 Å². The van der Waals surface area contributed by atoms with Crippen molar-refractivity contribution in [3.63, 3.8) is 0 Å². The molecule has 0 spiro atoms. The van der Waals surface area contributed by atoms with E-state index in [0.29, 0.717) is 31.4 Å². The molecule has 0 aliphatic carbocycles. The lowest BCUT2D eigenvalue weighted by Gasteiger charge is -2.30. The summed E-state index contributed by atoms with van der Waals surface area (Å²) in [5.74, 6) is 0.180. The second-order valence-corrected chi connectivity index (χ2v) is 10.0. The van der Waals surface area contributed by atoms with Crippen LogP contribution in [-0.4, -0.2) is 34.6 Å². The van der Waals surface area contributed by atoms with Gasteiger partial charge in [-0.3, -0.25) is 9.59 Å². The first-order valence-electron chi connectivity index (χ1n) is 10.2. The van der Waals surface area contributed by atoms with E-state index in [1.54, 1.807) is 43.3 Å². The zero-order valence-electron chi connectivity index (χ0n) is 18.1. The summed E-state index contributed by atoms with van der Waals surface area (Å²) in [6.07, 6.45) is 0.789. The highest BCUT2D eigenvalue weighted by atomic mass is 35.5. The van der Waals surface area contributed by atoms with Gasteiger partial charge in [0, 0.05) is 44.0 Å². The van der Waals surface area contributed by atoms with Crippen LogP contribution in [0.25, 0.3) is 0 Å². The number of hydrogen-bond acceptors (Lipinski definition) is 3. The van der Waals surface area contributed by atoms with Crippen LogP contribution in [0.1, 0.15) is 38.3 Å². The van der Waals surface area contributed by atoms with Gasteiger partial charge in [-0.2, -0.15) is 0 Å².